The molecule has 0 amide bonds. The quantitative estimate of drug-likeness (QED) is 0.546. The number of carbonyl (C=O) groups is 2. The predicted octanol–water partition coefficient (Wildman–Crippen LogP) is 4.19. The standard InChI is InChI=1S/C26H29N3O3S/c1-4-7-20-14-18(2)24(19(3)15-20)25-21(30)16-26(17-22(25)31)9-12-29(13-10-26)33(27,32)23-8-5-6-11-28-23/h5-6,8,11,14-15,25,27H,9-10,12-13,16-17H2,1-3H3. The number of carbonyl (C=O) groups excluding carboxylic acids is 2. The lowest BCUT2D eigenvalue weighted by atomic mass is 9.63. The van der Waals surface area contributed by atoms with E-state index in [0.29, 0.717) is 38.8 Å². The van der Waals surface area contributed by atoms with Crippen LogP contribution in [0.2, 0.25) is 0 Å². The van der Waals surface area contributed by atoms with Crippen LogP contribution in [0.25, 0.3) is 0 Å². The summed E-state index contributed by atoms with van der Waals surface area (Å²) in [5.74, 6) is 5.16. The third-order valence-corrected chi connectivity index (χ3v) is 8.86. The zero-order valence-electron chi connectivity index (χ0n) is 19.3. The summed E-state index contributed by atoms with van der Waals surface area (Å²) >= 11 is 0. The normalized spacial score (nSPS) is 20.8. The van der Waals surface area contributed by atoms with E-state index >= 15 is 0 Å². The predicted molar refractivity (Wildman–Crippen MR) is 127 cm³/mol. The molecule has 1 aliphatic heterocycles. The van der Waals surface area contributed by atoms with Crippen molar-refractivity contribution < 1.29 is 13.8 Å². The summed E-state index contributed by atoms with van der Waals surface area (Å²) in [6.45, 7) is 6.48. The van der Waals surface area contributed by atoms with E-state index < -0.39 is 21.2 Å². The lowest BCUT2D eigenvalue weighted by Crippen LogP contribution is -2.48. The molecule has 33 heavy (non-hydrogen) atoms. The van der Waals surface area contributed by atoms with Gasteiger partial charge in [0.1, 0.15) is 22.5 Å². The van der Waals surface area contributed by atoms with E-state index in [1.165, 1.54) is 0 Å². The molecule has 1 unspecified atom stereocenters. The van der Waals surface area contributed by atoms with Crippen molar-refractivity contribution in [1.29, 1.82) is 4.78 Å². The Balaban J connectivity index is 1.52. The highest BCUT2D eigenvalue weighted by molar-refractivity contribution is 7.90. The second kappa shape index (κ2) is 8.85. The topological polar surface area (TPSA) is 91.2 Å². The first kappa shape index (κ1) is 23.3. The van der Waals surface area contributed by atoms with E-state index in [4.69, 9.17) is 4.78 Å². The SMILES string of the molecule is CC#Cc1cc(C)c(C2C(=O)CC3(CCN(S(=N)(=O)c4ccccn4)CC3)CC2=O)c(C)c1. The molecular weight excluding hydrogens is 434 g/mol. The van der Waals surface area contributed by atoms with E-state index in [0.717, 1.165) is 22.3 Å². The van der Waals surface area contributed by atoms with Gasteiger partial charge in [0.2, 0.25) is 0 Å². The third-order valence-electron chi connectivity index (χ3n) is 6.96. The van der Waals surface area contributed by atoms with Gasteiger partial charge in [-0.1, -0.05) is 12.0 Å². The highest BCUT2D eigenvalue weighted by Crippen LogP contribution is 2.47. The fraction of sp³-hybridized carbons (Fsp3) is 0.423. The number of ketones is 2. The van der Waals surface area contributed by atoms with Crippen molar-refractivity contribution in [2.24, 2.45) is 5.41 Å². The van der Waals surface area contributed by atoms with Crippen molar-refractivity contribution in [2.45, 2.75) is 57.4 Å². The van der Waals surface area contributed by atoms with Gasteiger partial charge in [0.05, 0.1) is 0 Å². The number of piperidine rings is 1. The molecule has 2 aliphatic rings. The monoisotopic (exact) mass is 463 g/mol. The molecule has 1 saturated heterocycles. The molecule has 172 valence electrons. The Morgan fingerprint density at radius 2 is 1.70 bits per heavy atom. The van der Waals surface area contributed by atoms with Crippen molar-refractivity contribution >= 4 is 21.5 Å². The smallest absolute Gasteiger partial charge is 0.154 e. The van der Waals surface area contributed by atoms with Gasteiger partial charge in [-0.25, -0.2) is 18.3 Å². The van der Waals surface area contributed by atoms with Crippen LogP contribution in [0.4, 0.5) is 0 Å². The van der Waals surface area contributed by atoms with Crippen molar-refractivity contribution in [3.05, 3.63) is 58.8 Å². The minimum atomic E-state index is -3.18. The number of Topliss-reactive ketones (excluding diaryl/α,β-unsaturated/α-hetero) is 2. The zero-order chi connectivity index (χ0) is 23.8. The Morgan fingerprint density at radius 1 is 1.09 bits per heavy atom. The van der Waals surface area contributed by atoms with Crippen LogP contribution in [0, 0.1) is 35.9 Å². The van der Waals surface area contributed by atoms with Crippen LogP contribution in [0.3, 0.4) is 0 Å². The van der Waals surface area contributed by atoms with Gasteiger partial charge in [0.15, 0.2) is 9.92 Å². The molecule has 1 atom stereocenters. The minimum absolute atomic E-state index is 0.0310. The molecule has 1 saturated carbocycles. The highest BCUT2D eigenvalue weighted by Gasteiger charge is 2.48. The van der Waals surface area contributed by atoms with Gasteiger partial charge >= 0.3 is 0 Å². The molecular formula is C26H29N3O3S. The summed E-state index contributed by atoms with van der Waals surface area (Å²) < 4.78 is 23.2. The lowest BCUT2D eigenvalue weighted by Gasteiger charge is -2.44. The third kappa shape index (κ3) is 4.38. The van der Waals surface area contributed by atoms with Gasteiger partial charge in [-0.05, 0) is 80.0 Å². The lowest BCUT2D eigenvalue weighted by molar-refractivity contribution is -0.138. The van der Waals surface area contributed by atoms with Gasteiger partial charge in [-0.2, -0.15) is 0 Å². The van der Waals surface area contributed by atoms with Gasteiger partial charge in [-0.15, -0.1) is 5.92 Å². The summed E-state index contributed by atoms with van der Waals surface area (Å²) in [5.41, 5.74) is 3.16. The first-order chi connectivity index (χ1) is 15.7. The number of nitrogens with one attached hydrogen (secondary N) is 1. The molecule has 4 rings (SSSR count). The van der Waals surface area contributed by atoms with Crippen molar-refractivity contribution in [3.63, 3.8) is 0 Å². The average Bonchev–Trinajstić information content (AvgIpc) is 2.76. The fourth-order valence-corrected chi connectivity index (χ4v) is 6.80. The summed E-state index contributed by atoms with van der Waals surface area (Å²) in [5, 5.41) is 0.249. The Bertz CT molecular complexity index is 1220. The Kier molecular flexibility index (Phi) is 6.26. The van der Waals surface area contributed by atoms with E-state index in [1.54, 1.807) is 35.6 Å². The molecule has 6 nitrogen and oxygen atoms in total. The summed E-state index contributed by atoms with van der Waals surface area (Å²) in [6.07, 6.45) is 3.37. The van der Waals surface area contributed by atoms with E-state index in [-0.39, 0.29) is 16.6 Å². The van der Waals surface area contributed by atoms with Crippen molar-refractivity contribution in [3.8, 4) is 11.8 Å². The van der Waals surface area contributed by atoms with Gasteiger partial charge < -0.3 is 0 Å². The van der Waals surface area contributed by atoms with Gasteiger partial charge in [0, 0.05) is 37.7 Å². The largest absolute Gasteiger partial charge is 0.299 e. The maximum atomic E-state index is 13.3. The van der Waals surface area contributed by atoms with Gasteiger partial charge in [-0.3, -0.25) is 9.59 Å². The molecule has 2 fully saturated rings. The Hall–Kier alpha value is -2.82. The molecule has 7 heteroatoms. The van der Waals surface area contributed by atoms with Gasteiger partial charge in [0.25, 0.3) is 0 Å². The first-order valence-corrected chi connectivity index (χ1v) is 12.7. The molecule has 1 aromatic carbocycles. The number of rotatable bonds is 3. The maximum absolute atomic E-state index is 13.3. The summed E-state index contributed by atoms with van der Waals surface area (Å²) in [6, 6.07) is 8.97. The first-order valence-electron chi connectivity index (χ1n) is 11.2. The molecule has 1 aromatic heterocycles. The summed E-state index contributed by atoms with van der Waals surface area (Å²) in [7, 11) is -3.18. The fourth-order valence-electron chi connectivity index (χ4n) is 5.37. The Labute approximate surface area is 195 Å². The van der Waals surface area contributed by atoms with Crippen LogP contribution >= 0.6 is 0 Å². The number of aryl methyl sites for hydroxylation is 2. The molecule has 1 aliphatic carbocycles. The molecule has 1 N–H and O–H groups in total. The van der Waals surface area contributed by atoms with Crippen molar-refractivity contribution in [1.82, 2.24) is 9.29 Å². The van der Waals surface area contributed by atoms with Crippen LogP contribution in [-0.4, -0.2) is 38.2 Å². The molecule has 2 aromatic rings. The molecule has 2 heterocycles. The van der Waals surface area contributed by atoms with E-state index in [2.05, 4.69) is 16.8 Å². The second-order valence-corrected chi connectivity index (χ2v) is 11.2. The number of aromatic nitrogens is 1. The second-order valence-electron chi connectivity index (χ2n) is 9.24. The highest BCUT2D eigenvalue weighted by atomic mass is 32.2. The van der Waals surface area contributed by atoms with Crippen LogP contribution in [0.5, 0.6) is 0 Å². The number of hydrogen-bond donors (Lipinski definition) is 1. The van der Waals surface area contributed by atoms with Crippen LogP contribution in [-0.2, 0) is 19.5 Å². The maximum Gasteiger partial charge on any atom is 0.154 e. The number of benzene rings is 1. The Morgan fingerprint density at radius 3 is 2.21 bits per heavy atom. The number of pyridine rings is 1. The zero-order valence-corrected chi connectivity index (χ0v) is 20.1. The minimum Gasteiger partial charge on any atom is -0.299 e. The van der Waals surface area contributed by atoms with Crippen LogP contribution in [0.1, 0.15) is 60.8 Å². The van der Waals surface area contributed by atoms with E-state index in [1.807, 2.05) is 26.0 Å². The van der Waals surface area contributed by atoms with Crippen LogP contribution < -0.4 is 0 Å². The number of hydrogen-bond acceptors (Lipinski definition) is 5. The molecule has 1 spiro atoms. The average molecular weight is 464 g/mol. The number of nitrogens with zero attached hydrogens (tertiary/aromatic N) is 2. The molecule has 0 bridgehead atoms. The van der Waals surface area contributed by atoms with Crippen molar-refractivity contribution in [2.75, 3.05) is 13.1 Å². The molecule has 0 radical (unpaired) electrons. The van der Waals surface area contributed by atoms with E-state index in [9.17, 15) is 13.8 Å². The van der Waals surface area contributed by atoms with Crippen LogP contribution in [0.15, 0.2) is 41.6 Å². The summed E-state index contributed by atoms with van der Waals surface area (Å²) in [4.78, 5) is 30.8.